The van der Waals surface area contributed by atoms with Gasteiger partial charge in [-0.15, -0.1) is 0 Å². The maximum atomic E-state index is 12.5. The van der Waals surface area contributed by atoms with Crippen LogP contribution in [0, 0.1) is 13.8 Å². The van der Waals surface area contributed by atoms with Crippen LogP contribution in [0.3, 0.4) is 0 Å². The molecule has 0 aliphatic heterocycles. The Balaban J connectivity index is 0.000000758. The molecule has 0 unspecified atom stereocenters. The fourth-order valence-electron chi connectivity index (χ4n) is 2.10. The summed E-state index contributed by atoms with van der Waals surface area (Å²) in [5.41, 5.74) is 7.66. The van der Waals surface area contributed by atoms with Crippen LogP contribution in [0.15, 0.2) is 35.0 Å². The number of benzene rings is 1. The van der Waals surface area contributed by atoms with Crippen LogP contribution in [0.25, 0.3) is 11.4 Å². The first-order chi connectivity index (χ1) is 12.2. The van der Waals surface area contributed by atoms with Crippen molar-refractivity contribution in [2.24, 2.45) is 5.73 Å². The minimum atomic E-state index is -4.64. The first-order valence-corrected chi connectivity index (χ1v) is 7.41. The Morgan fingerprint density at radius 3 is 2.31 bits per heavy atom. The van der Waals surface area contributed by atoms with E-state index in [0.717, 1.165) is 16.8 Å². The number of carbonyl (C=O) groups is 1. The Morgan fingerprint density at radius 1 is 1.23 bits per heavy atom. The van der Waals surface area contributed by atoms with Crippen molar-refractivity contribution in [1.82, 2.24) is 19.9 Å². The number of nitrogens with zero attached hydrogens (tertiary/aromatic N) is 4. The highest BCUT2D eigenvalue weighted by Gasteiger charge is 2.38. The fraction of sp³-hybridized carbons (Fsp3) is 0.250. The number of aryl methyl sites for hydroxylation is 2. The Labute approximate surface area is 146 Å². The van der Waals surface area contributed by atoms with E-state index >= 15 is 0 Å². The lowest BCUT2D eigenvalue weighted by Crippen LogP contribution is -2.04. The maximum absolute atomic E-state index is 12.5. The van der Waals surface area contributed by atoms with E-state index in [2.05, 4.69) is 25.5 Å². The summed E-state index contributed by atoms with van der Waals surface area (Å²) in [5, 5.41) is 7.73. The second-order valence-corrected chi connectivity index (χ2v) is 5.35. The van der Waals surface area contributed by atoms with Crippen molar-refractivity contribution in [3.05, 3.63) is 53.2 Å². The zero-order valence-electron chi connectivity index (χ0n) is 14.0. The molecule has 0 aliphatic carbocycles. The summed E-state index contributed by atoms with van der Waals surface area (Å²) in [7, 11) is 0. The van der Waals surface area contributed by atoms with E-state index in [4.69, 9.17) is 4.79 Å². The van der Waals surface area contributed by atoms with Gasteiger partial charge >= 0.3 is 12.1 Å². The number of hydrogen-bond donors (Lipinski definition) is 1. The fourth-order valence-corrected chi connectivity index (χ4v) is 2.10. The minimum absolute atomic E-state index is 0.0883. The maximum Gasteiger partial charge on any atom is 0.471 e. The van der Waals surface area contributed by atoms with E-state index < -0.39 is 12.1 Å². The molecule has 7 nitrogen and oxygen atoms in total. The summed E-state index contributed by atoms with van der Waals surface area (Å²) in [6, 6.07) is 6.91. The van der Waals surface area contributed by atoms with E-state index in [1.807, 2.05) is 24.7 Å². The molecule has 0 saturated heterocycles. The number of nitrogens with two attached hydrogens (primary N) is 1. The molecule has 138 valence electrons. The van der Waals surface area contributed by atoms with Crippen LogP contribution < -0.4 is 5.73 Å². The average Bonchev–Trinajstić information content (AvgIpc) is 3.16. The molecule has 0 spiro atoms. The third kappa shape index (κ3) is 4.68. The molecule has 1 aromatic carbocycles. The molecule has 0 aliphatic rings. The van der Waals surface area contributed by atoms with Gasteiger partial charge in [-0.1, -0.05) is 29.4 Å². The molecule has 3 rings (SSSR count). The summed E-state index contributed by atoms with van der Waals surface area (Å²) in [6.45, 7) is 4.49. The molecule has 0 fully saturated rings. The zero-order chi connectivity index (χ0) is 19.3. The molecule has 0 saturated carbocycles. The van der Waals surface area contributed by atoms with Crippen molar-refractivity contribution in [3.63, 3.8) is 0 Å². The third-order valence-corrected chi connectivity index (χ3v) is 3.42. The largest absolute Gasteiger partial charge is 0.471 e. The molecule has 26 heavy (non-hydrogen) atoms. The highest BCUT2D eigenvalue weighted by molar-refractivity contribution is 5.54. The first kappa shape index (κ1) is 19.2. The quantitative estimate of drug-likeness (QED) is 0.718. The van der Waals surface area contributed by atoms with Crippen LogP contribution in [0.1, 0.15) is 22.7 Å². The Hall–Kier alpha value is -3.17. The Kier molecular flexibility index (Phi) is 5.75. The summed E-state index contributed by atoms with van der Waals surface area (Å²) in [5.74, 6) is -1.44. The number of halogens is 3. The predicted octanol–water partition coefficient (Wildman–Crippen LogP) is 2.72. The molecule has 10 heteroatoms. The van der Waals surface area contributed by atoms with Gasteiger partial charge in [0.25, 0.3) is 0 Å². The van der Waals surface area contributed by atoms with Gasteiger partial charge in [0.1, 0.15) is 0 Å². The lowest BCUT2D eigenvalue weighted by atomic mass is 10.1. The van der Waals surface area contributed by atoms with Crippen LogP contribution in [0.2, 0.25) is 0 Å². The van der Waals surface area contributed by atoms with E-state index in [9.17, 15) is 13.2 Å². The third-order valence-electron chi connectivity index (χ3n) is 3.42. The van der Waals surface area contributed by atoms with Crippen molar-refractivity contribution < 1.29 is 22.5 Å². The zero-order valence-corrected chi connectivity index (χ0v) is 14.0. The van der Waals surface area contributed by atoms with Gasteiger partial charge in [-0.25, -0.2) is 0 Å². The van der Waals surface area contributed by atoms with E-state index in [1.54, 1.807) is 24.3 Å². The van der Waals surface area contributed by atoms with Crippen molar-refractivity contribution in [2.45, 2.75) is 26.6 Å². The summed E-state index contributed by atoms with van der Waals surface area (Å²) >= 11 is 0. The molecule has 1 amide bonds. The van der Waals surface area contributed by atoms with Crippen molar-refractivity contribution in [1.29, 1.82) is 0 Å². The first-order valence-electron chi connectivity index (χ1n) is 7.41. The van der Waals surface area contributed by atoms with Crippen LogP contribution in [0.4, 0.5) is 13.2 Å². The predicted molar refractivity (Wildman–Crippen MR) is 85.8 cm³/mol. The van der Waals surface area contributed by atoms with Gasteiger partial charge in [0.05, 0.1) is 12.2 Å². The average molecular weight is 367 g/mol. The van der Waals surface area contributed by atoms with Gasteiger partial charge in [0.15, 0.2) is 0 Å². The highest BCUT2D eigenvalue weighted by Crippen LogP contribution is 2.29. The van der Waals surface area contributed by atoms with Gasteiger partial charge in [-0.3, -0.25) is 9.48 Å². The number of alkyl halides is 3. The van der Waals surface area contributed by atoms with Crippen molar-refractivity contribution in [3.8, 4) is 11.4 Å². The van der Waals surface area contributed by atoms with Crippen LogP contribution in [-0.4, -0.2) is 26.3 Å². The van der Waals surface area contributed by atoms with Gasteiger partial charge < -0.3 is 10.3 Å². The number of hydrogen-bond acceptors (Lipinski definition) is 5. The molecule has 2 heterocycles. The van der Waals surface area contributed by atoms with E-state index in [1.165, 1.54) is 0 Å². The van der Waals surface area contributed by atoms with E-state index in [0.29, 0.717) is 12.1 Å². The molecule has 0 atom stereocenters. The number of rotatable bonds is 3. The topological polar surface area (TPSA) is 99.8 Å². The SMILES string of the molecule is Cc1cn(Cc2ccc(-c3noc(C(F)(F)F)n3)cc2)nc1C.NC=O. The van der Waals surface area contributed by atoms with Gasteiger partial charge in [-0.2, -0.15) is 23.3 Å². The number of amides is 1. The Bertz CT molecular complexity index is 849. The van der Waals surface area contributed by atoms with Crippen LogP contribution in [0.5, 0.6) is 0 Å². The van der Waals surface area contributed by atoms with Crippen molar-refractivity contribution in [2.75, 3.05) is 0 Å². The second-order valence-electron chi connectivity index (χ2n) is 5.35. The van der Waals surface area contributed by atoms with Gasteiger partial charge in [0.2, 0.25) is 12.2 Å². The molecule has 0 radical (unpaired) electrons. The normalized spacial score (nSPS) is 11.0. The minimum Gasteiger partial charge on any atom is -0.372 e. The molecule has 2 aromatic heterocycles. The van der Waals surface area contributed by atoms with Crippen LogP contribution >= 0.6 is 0 Å². The summed E-state index contributed by atoms with van der Waals surface area (Å²) < 4.78 is 43.4. The highest BCUT2D eigenvalue weighted by atomic mass is 19.4. The van der Waals surface area contributed by atoms with E-state index in [-0.39, 0.29) is 12.2 Å². The monoisotopic (exact) mass is 367 g/mol. The number of aromatic nitrogens is 4. The lowest BCUT2D eigenvalue weighted by Gasteiger charge is -2.02. The lowest BCUT2D eigenvalue weighted by molar-refractivity contribution is -0.159. The molecule has 2 N–H and O–H groups in total. The molecular weight excluding hydrogens is 351 g/mol. The second kappa shape index (κ2) is 7.81. The molecular formula is C16H16F3N5O2. The number of primary amides is 1. The standard InChI is InChI=1S/C15H13F3N4O.CH3NO/c1-9-7-22(20-10(9)2)8-11-3-5-12(6-4-11)13-19-14(23-21-13)15(16,17)18;2-1-3/h3-7H,8H2,1-2H3;1H,(H2,2,3). The van der Waals surface area contributed by atoms with Crippen molar-refractivity contribution >= 4 is 6.41 Å². The molecule has 3 aromatic rings. The van der Waals surface area contributed by atoms with Gasteiger partial charge in [-0.05, 0) is 25.0 Å². The summed E-state index contributed by atoms with van der Waals surface area (Å²) in [6.07, 6.45) is -2.45. The van der Waals surface area contributed by atoms with Gasteiger partial charge in [0, 0.05) is 11.8 Å². The summed E-state index contributed by atoms with van der Waals surface area (Å²) in [4.78, 5) is 11.9. The number of carbonyl (C=O) groups excluding carboxylic acids is 1. The van der Waals surface area contributed by atoms with Crippen LogP contribution in [-0.2, 0) is 17.5 Å². The molecule has 0 bridgehead atoms. The Morgan fingerprint density at radius 2 is 1.85 bits per heavy atom. The smallest absolute Gasteiger partial charge is 0.372 e.